The van der Waals surface area contributed by atoms with Crippen molar-refractivity contribution in [3.8, 4) is 17.2 Å². The van der Waals surface area contributed by atoms with E-state index >= 15 is 0 Å². The first-order valence-corrected chi connectivity index (χ1v) is 16.0. The summed E-state index contributed by atoms with van der Waals surface area (Å²) in [5.41, 5.74) is 0. The molecule has 1 radical (unpaired) electrons. The van der Waals surface area contributed by atoms with Crippen LogP contribution in [-0.2, 0) is 14.4 Å². The van der Waals surface area contributed by atoms with Gasteiger partial charge in [0.1, 0.15) is 0 Å². The van der Waals surface area contributed by atoms with Crippen LogP contribution < -0.4 is 14.2 Å². The molecule has 0 saturated heterocycles. The van der Waals surface area contributed by atoms with Crippen molar-refractivity contribution in [2.75, 3.05) is 0 Å². The van der Waals surface area contributed by atoms with E-state index in [0.29, 0.717) is 17.2 Å². The van der Waals surface area contributed by atoms with Crippen LogP contribution in [0, 0.1) is 0 Å². The van der Waals surface area contributed by atoms with Crippen LogP contribution in [0.15, 0.2) is 91.0 Å². The zero-order valence-electron chi connectivity index (χ0n) is 19.3. The summed E-state index contributed by atoms with van der Waals surface area (Å²) in [5, 5.41) is 0. The Kier molecular flexibility index (Phi) is 9.27. The van der Waals surface area contributed by atoms with Gasteiger partial charge in [0.2, 0.25) is 0 Å². The standard InChI is InChI=1S/3C9H9O2.Sn/c3*1-2-9(10)11-8-6-4-3-5-7-8;/h3*2-7H,1H3;. The molecule has 3 rings (SSSR count). The molecule has 0 aliphatic heterocycles. The zero-order chi connectivity index (χ0) is 24.5. The first-order chi connectivity index (χ1) is 16.4. The summed E-state index contributed by atoms with van der Waals surface area (Å²) < 4.78 is 14.9. The SMILES string of the molecule is C[CH](C(=O)Oc1ccccc1)[Sn]([CH](C)C(=O)Oc1ccccc1)[CH](C)C(=O)Oc1ccccc1. The number of carbonyl (C=O) groups is 3. The number of para-hydroxylation sites is 3. The summed E-state index contributed by atoms with van der Waals surface area (Å²) in [6.07, 6.45) is 0. The topological polar surface area (TPSA) is 78.9 Å². The van der Waals surface area contributed by atoms with E-state index in [9.17, 15) is 14.4 Å². The number of ether oxygens (including phenoxy) is 3. The summed E-state index contributed by atoms with van der Waals surface area (Å²) in [4.78, 5) is 39.1. The van der Waals surface area contributed by atoms with Gasteiger partial charge >= 0.3 is 207 Å². The molecule has 0 fully saturated rings. The Morgan fingerprint density at radius 2 is 0.735 bits per heavy atom. The van der Waals surface area contributed by atoms with Gasteiger partial charge in [-0.1, -0.05) is 0 Å². The second-order valence-corrected chi connectivity index (χ2v) is 18.1. The molecular weight excluding hydrogens is 539 g/mol. The van der Waals surface area contributed by atoms with Crippen molar-refractivity contribution < 1.29 is 28.6 Å². The Morgan fingerprint density at radius 3 is 0.971 bits per heavy atom. The molecule has 175 valence electrons. The van der Waals surface area contributed by atoms with Crippen LogP contribution in [0.4, 0.5) is 0 Å². The van der Waals surface area contributed by atoms with Crippen LogP contribution in [0.3, 0.4) is 0 Å². The zero-order valence-corrected chi connectivity index (χ0v) is 22.2. The van der Waals surface area contributed by atoms with Crippen molar-refractivity contribution in [2.45, 2.75) is 32.6 Å². The average Bonchev–Trinajstić information content (AvgIpc) is 2.85. The maximum atomic E-state index is 13.0. The van der Waals surface area contributed by atoms with Crippen molar-refractivity contribution in [3.63, 3.8) is 0 Å². The first-order valence-electron chi connectivity index (χ1n) is 11.0. The van der Waals surface area contributed by atoms with Crippen LogP contribution in [-0.4, -0.2) is 37.7 Å². The molecule has 0 aliphatic rings. The Labute approximate surface area is 206 Å². The van der Waals surface area contributed by atoms with Crippen LogP contribution in [0.1, 0.15) is 20.8 Å². The summed E-state index contributed by atoms with van der Waals surface area (Å²) in [6.45, 7) is 5.20. The van der Waals surface area contributed by atoms with E-state index < -0.39 is 49.5 Å². The predicted molar refractivity (Wildman–Crippen MR) is 130 cm³/mol. The Balaban J connectivity index is 1.82. The molecule has 0 saturated carbocycles. The number of carbonyl (C=O) groups excluding carboxylic acids is 3. The van der Waals surface area contributed by atoms with Crippen LogP contribution in [0.25, 0.3) is 0 Å². The third-order valence-corrected chi connectivity index (χ3v) is 16.0. The van der Waals surface area contributed by atoms with Crippen LogP contribution in [0.5, 0.6) is 17.2 Å². The fraction of sp³-hybridized carbons (Fsp3) is 0.222. The quantitative estimate of drug-likeness (QED) is 0.194. The number of esters is 3. The Bertz CT molecular complexity index is 946. The molecule has 0 heterocycles. The summed E-state index contributed by atoms with van der Waals surface area (Å²) in [6, 6.07) is 26.2. The molecule has 3 aromatic carbocycles. The summed E-state index contributed by atoms with van der Waals surface area (Å²) in [5.74, 6) is -0.124. The Morgan fingerprint density at radius 1 is 0.500 bits per heavy atom. The Hall–Kier alpha value is -3.13. The second kappa shape index (κ2) is 12.4. The normalized spacial score (nSPS) is 13.4. The van der Waals surface area contributed by atoms with Gasteiger partial charge in [-0.2, -0.15) is 0 Å². The van der Waals surface area contributed by atoms with Gasteiger partial charge in [-0.05, 0) is 0 Å². The monoisotopic (exact) mass is 567 g/mol. The molecule has 0 aromatic heterocycles. The van der Waals surface area contributed by atoms with E-state index in [2.05, 4.69) is 0 Å². The van der Waals surface area contributed by atoms with Crippen molar-refractivity contribution in [3.05, 3.63) is 91.0 Å². The van der Waals surface area contributed by atoms with Gasteiger partial charge < -0.3 is 0 Å². The number of hydrogen-bond acceptors (Lipinski definition) is 6. The van der Waals surface area contributed by atoms with Gasteiger partial charge in [-0.15, -0.1) is 0 Å². The van der Waals surface area contributed by atoms with E-state index in [0.717, 1.165) is 0 Å². The van der Waals surface area contributed by atoms with Crippen LogP contribution in [0.2, 0.25) is 11.8 Å². The van der Waals surface area contributed by atoms with E-state index in [1.807, 2.05) is 18.2 Å². The maximum absolute atomic E-state index is 13.0. The van der Waals surface area contributed by atoms with Gasteiger partial charge in [-0.25, -0.2) is 0 Å². The molecule has 6 nitrogen and oxygen atoms in total. The summed E-state index contributed by atoms with van der Waals surface area (Å²) in [7, 11) is 0. The number of rotatable bonds is 9. The number of benzene rings is 3. The van der Waals surface area contributed by atoms with Crippen LogP contribution >= 0.6 is 0 Å². The average molecular weight is 566 g/mol. The van der Waals surface area contributed by atoms with E-state index in [-0.39, 0.29) is 0 Å². The molecular formula is C27H27O6Sn. The van der Waals surface area contributed by atoms with E-state index in [1.54, 1.807) is 93.6 Å². The van der Waals surface area contributed by atoms with Crippen molar-refractivity contribution in [1.82, 2.24) is 0 Å². The minimum atomic E-state index is -3.29. The van der Waals surface area contributed by atoms with Gasteiger partial charge in [0.15, 0.2) is 0 Å². The molecule has 0 spiro atoms. The minimum absolute atomic E-state index is 0.418. The van der Waals surface area contributed by atoms with E-state index in [4.69, 9.17) is 14.2 Å². The third kappa shape index (κ3) is 6.93. The van der Waals surface area contributed by atoms with Crippen molar-refractivity contribution >= 4 is 37.7 Å². The fourth-order valence-electron chi connectivity index (χ4n) is 3.61. The molecule has 0 N–H and O–H groups in total. The molecule has 3 unspecified atom stereocenters. The third-order valence-electron chi connectivity index (χ3n) is 5.45. The first kappa shape index (κ1) is 25.5. The fourth-order valence-corrected chi connectivity index (χ4v) is 12.9. The number of hydrogen-bond donors (Lipinski definition) is 0. The molecule has 7 heteroatoms. The van der Waals surface area contributed by atoms with E-state index in [1.165, 1.54) is 0 Å². The molecule has 34 heavy (non-hydrogen) atoms. The van der Waals surface area contributed by atoms with Crippen molar-refractivity contribution in [2.24, 2.45) is 0 Å². The molecule has 0 aliphatic carbocycles. The van der Waals surface area contributed by atoms with Crippen molar-refractivity contribution in [1.29, 1.82) is 0 Å². The van der Waals surface area contributed by atoms with Gasteiger partial charge in [-0.3, -0.25) is 0 Å². The molecule has 0 bridgehead atoms. The molecule has 3 aromatic rings. The van der Waals surface area contributed by atoms with Gasteiger partial charge in [0, 0.05) is 0 Å². The summed E-state index contributed by atoms with van der Waals surface area (Å²) >= 11 is -3.29. The molecule has 3 atom stereocenters. The van der Waals surface area contributed by atoms with Gasteiger partial charge in [0.25, 0.3) is 0 Å². The van der Waals surface area contributed by atoms with Gasteiger partial charge in [0.05, 0.1) is 0 Å². The predicted octanol–water partition coefficient (Wildman–Crippen LogP) is 5.47. The molecule has 0 amide bonds. The second-order valence-electron chi connectivity index (χ2n) is 7.87.